The van der Waals surface area contributed by atoms with Gasteiger partial charge in [-0.05, 0) is 67.2 Å². The van der Waals surface area contributed by atoms with Crippen LogP contribution in [0, 0.1) is 11.8 Å². The van der Waals surface area contributed by atoms with Gasteiger partial charge in [-0.2, -0.15) is 0 Å². The summed E-state index contributed by atoms with van der Waals surface area (Å²) in [6, 6.07) is 0. The number of rotatable bonds is 2. The van der Waals surface area contributed by atoms with Crippen molar-refractivity contribution in [1.29, 1.82) is 0 Å². The van der Waals surface area contributed by atoms with E-state index < -0.39 is 47.9 Å². The third kappa shape index (κ3) is 2.41. The fourth-order valence-electron chi connectivity index (χ4n) is 4.77. The van der Waals surface area contributed by atoms with Crippen LogP contribution in [-0.2, 0) is 18.6 Å². The zero-order valence-corrected chi connectivity index (χ0v) is 17.7. The first-order valence-corrected chi connectivity index (χ1v) is 9.85. The molecule has 2 unspecified atom stereocenters. The molecule has 27 heavy (non-hydrogen) atoms. The van der Waals surface area contributed by atoms with Crippen LogP contribution in [-0.4, -0.2) is 65.8 Å². The van der Waals surface area contributed by atoms with Crippen LogP contribution < -0.4 is 0 Å². The van der Waals surface area contributed by atoms with Crippen LogP contribution in [0.5, 0.6) is 0 Å². The Bertz CT molecular complexity index is 597. The number of piperidine rings is 1. The SMILES string of the molecule is CC1(C)OB(C2(B3OC(C)(C)C(C)(C)O3)C3CN(C(=O)O)CC32)OC1(C)C. The molecule has 0 aromatic carbocycles. The van der Waals surface area contributed by atoms with Crippen molar-refractivity contribution in [2.24, 2.45) is 11.8 Å². The highest BCUT2D eigenvalue weighted by atomic mass is 16.7. The van der Waals surface area contributed by atoms with Crippen LogP contribution in [0.25, 0.3) is 0 Å². The highest BCUT2D eigenvalue weighted by Gasteiger charge is 2.85. The van der Waals surface area contributed by atoms with E-state index in [1.54, 1.807) is 0 Å². The van der Waals surface area contributed by atoms with E-state index in [0.717, 1.165) is 0 Å². The number of fused-ring (bicyclic) bond motifs is 1. The summed E-state index contributed by atoms with van der Waals surface area (Å²) in [6.45, 7) is 17.2. The molecule has 1 aliphatic carbocycles. The van der Waals surface area contributed by atoms with Crippen LogP contribution in [0.1, 0.15) is 55.4 Å². The predicted molar refractivity (Wildman–Crippen MR) is 101 cm³/mol. The topological polar surface area (TPSA) is 77.5 Å². The Hall–Kier alpha value is -0.760. The average Bonchev–Trinajstić information content (AvgIpc) is 2.73. The van der Waals surface area contributed by atoms with Crippen LogP contribution >= 0.6 is 0 Å². The summed E-state index contributed by atoms with van der Waals surface area (Å²) in [7, 11) is -0.966. The Labute approximate surface area is 162 Å². The van der Waals surface area contributed by atoms with Crippen molar-refractivity contribution in [2.75, 3.05) is 13.1 Å². The summed E-state index contributed by atoms with van der Waals surface area (Å²) >= 11 is 0. The van der Waals surface area contributed by atoms with Gasteiger partial charge in [0.2, 0.25) is 0 Å². The second-order valence-electron chi connectivity index (χ2n) is 10.6. The van der Waals surface area contributed by atoms with Crippen LogP contribution in [0.2, 0.25) is 5.21 Å². The molecule has 0 radical (unpaired) electrons. The lowest BCUT2D eigenvalue weighted by atomic mass is 9.45. The number of carboxylic acid groups (broad SMARTS) is 1. The molecule has 0 aromatic rings. The summed E-state index contributed by atoms with van der Waals surface area (Å²) in [5.74, 6) is 0.219. The normalized spacial score (nSPS) is 36.8. The Morgan fingerprint density at radius 2 is 1.07 bits per heavy atom. The van der Waals surface area contributed by atoms with E-state index in [4.69, 9.17) is 18.6 Å². The van der Waals surface area contributed by atoms with Crippen molar-refractivity contribution in [2.45, 2.75) is 83.0 Å². The third-order valence-corrected chi connectivity index (χ3v) is 8.09. The van der Waals surface area contributed by atoms with Gasteiger partial charge >= 0.3 is 20.3 Å². The molecule has 7 nitrogen and oxygen atoms in total. The van der Waals surface area contributed by atoms with E-state index in [9.17, 15) is 9.90 Å². The Morgan fingerprint density at radius 3 is 1.33 bits per heavy atom. The lowest BCUT2D eigenvalue weighted by molar-refractivity contribution is 0.00578. The van der Waals surface area contributed by atoms with Crippen LogP contribution in [0.15, 0.2) is 0 Å². The fraction of sp³-hybridized carbons (Fsp3) is 0.944. The van der Waals surface area contributed by atoms with Gasteiger partial charge in [0, 0.05) is 13.1 Å². The summed E-state index contributed by atoms with van der Waals surface area (Å²) in [5.41, 5.74) is -1.84. The largest absolute Gasteiger partial charge is 0.465 e. The first kappa shape index (κ1) is 19.6. The van der Waals surface area contributed by atoms with E-state index in [-0.39, 0.29) is 11.8 Å². The van der Waals surface area contributed by atoms with Crippen molar-refractivity contribution in [3.63, 3.8) is 0 Å². The van der Waals surface area contributed by atoms with E-state index >= 15 is 0 Å². The molecule has 3 aliphatic heterocycles. The first-order valence-electron chi connectivity index (χ1n) is 9.85. The first-order chi connectivity index (χ1) is 12.2. The molecule has 1 saturated carbocycles. The quantitative estimate of drug-likeness (QED) is 0.744. The summed E-state index contributed by atoms with van der Waals surface area (Å²) in [4.78, 5) is 12.9. The number of hydrogen-bond donors (Lipinski definition) is 1. The summed E-state index contributed by atoms with van der Waals surface area (Å²) in [6.07, 6.45) is -0.876. The van der Waals surface area contributed by atoms with E-state index in [1.807, 2.05) is 55.4 Å². The van der Waals surface area contributed by atoms with Gasteiger partial charge in [0.1, 0.15) is 0 Å². The molecule has 4 aliphatic rings. The van der Waals surface area contributed by atoms with Gasteiger partial charge in [-0.3, -0.25) is 0 Å². The zero-order chi connectivity index (χ0) is 20.2. The maximum Gasteiger partial charge on any atom is 0.462 e. The van der Waals surface area contributed by atoms with Crippen molar-refractivity contribution in [1.82, 2.24) is 4.90 Å². The number of likely N-dealkylation sites (tertiary alicyclic amines) is 1. The lowest BCUT2D eigenvalue weighted by Gasteiger charge is -2.32. The minimum Gasteiger partial charge on any atom is -0.465 e. The molecule has 2 atom stereocenters. The Balaban J connectivity index is 1.67. The van der Waals surface area contributed by atoms with Crippen molar-refractivity contribution in [3.05, 3.63) is 0 Å². The van der Waals surface area contributed by atoms with E-state index in [0.29, 0.717) is 13.1 Å². The van der Waals surface area contributed by atoms with Crippen molar-refractivity contribution >= 4 is 20.3 Å². The van der Waals surface area contributed by atoms with Gasteiger partial charge in [0.15, 0.2) is 0 Å². The lowest BCUT2D eigenvalue weighted by Crippen LogP contribution is -2.46. The fourth-order valence-corrected chi connectivity index (χ4v) is 4.77. The molecule has 3 saturated heterocycles. The molecule has 1 N–H and O–H groups in total. The molecule has 3 heterocycles. The zero-order valence-electron chi connectivity index (χ0n) is 17.7. The van der Waals surface area contributed by atoms with Gasteiger partial charge in [-0.25, -0.2) is 4.79 Å². The molecule has 4 rings (SSSR count). The Kier molecular flexibility index (Phi) is 3.79. The molecule has 0 aromatic heterocycles. The highest BCUT2D eigenvalue weighted by molar-refractivity contribution is 6.73. The molecule has 150 valence electrons. The van der Waals surface area contributed by atoms with Crippen LogP contribution in [0.4, 0.5) is 4.79 Å². The molecule has 9 heteroatoms. The standard InChI is InChI=1S/C18H31B2NO6/c1-14(2)15(3,4)25-19(24-14)18(11-9-21(13(22)23)10-12(11)18)20-26-16(5,6)17(7,8)27-20/h11-12H,9-10H2,1-8H3,(H,22,23). The second kappa shape index (κ2) is 5.23. The minimum atomic E-state index is -0.876. The number of carbonyl (C=O) groups is 1. The molecular formula is C18H31B2NO6. The summed E-state index contributed by atoms with van der Waals surface area (Å²) < 4.78 is 25.7. The highest BCUT2D eigenvalue weighted by Crippen LogP contribution is 2.75. The van der Waals surface area contributed by atoms with Crippen LogP contribution in [0.3, 0.4) is 0 Å². The molecule has 0 bridgehead atoms. The van der Waals surface area contributed by atoms with Gasteiger partial charge < -0.3 is 28.6 Å². The third-order valence-electron chi connectivity index (χ3n) is 8.09. The maximum atomic E-state index is 11.4. The van der Waals surface area contributed by atoms with Crippen molar-refractivity contribution in [3.8, 4) is 0 Å². The molecular weight excluding hydrogens is 348 g/mol. The molecule has 4 fully saturated rings. The Morgan fingerprint density at radius 1 is 0.778 bits per heavy atom. The minimum absolute atomic E-state index is 0.109. The van der Waals surface area contributed by atoms with Gasteiger partial charge in [-0.1, -0.05) is 0 Å². The number of amides is 1. The second-order valence-corrected chi connectivity index (χ2v) is 10.6. The maximum absolute atomic E-state index is 11.4. The van der Waals surface area contributed by atoms with E-state index in [1.165, 1.54) is 4.90 Å². The molecule has 0 spiro atoms. The molecule has 1 amide bonds. The summed E-state index contributed by atoms with van der Waals surface area (Å²) in [5, 5.41) is 8.90. The van der Waals surface area contributed by atoms with E-state index in [2.05, 4.69) is 0 Å². The van der Waals surface area contributed by atoms with Gasteiger partial charge in [0.25, 0.3) is 0 Å². The monoisotopic (exact) mass is 379 g/mol. The van der Waals surface area contributed by atoms with Gasteiger partial charge in [-0.15, -0.1) is 0 Å². The van der Waals surface area contributed by atoms with Crippen molar-refractivity contribution < 1.29 is 28.5 Å². The van der Waals surface area contributed by atoms with Gasteiger partial charge in [0.05, 0.1) is 27.6 Å². The predicted octanol–water partition coefficient (Wildman–Crippen LogP) is 2.69. The number of hydrogen-bond acceptors (Lipinski definition) is 5. The smallest absolute Gasteiger partial charge is 0.462 e. The average molecular weight is 379 g/mol. The number of nitrogens with zero attached hydrogens (tertiary/aromatic N) is 1.